The Hall–Kier alpha value is -1.56. The minimum absolute atomic E-state index is 0.0494. The first-order valence-electron chi connectivity index (χ1n) is 5.98. The largest absolute Gasteiger partial charge is 0.478 e. The second-order valence-electron chi connectivity index (χ2n) is 4.53. The number of nitrogens with one attached hydrogen (secondary N) is 2. The van der Waals surface area contributed by atoms with Crippen LogP contribution in [0.5, 0.6) is 0 Å². The molecule has 0 saturated heterocycles. The maximum absolute atomic E-state index is 11.7. The molecule has 104 valence electrons. The summed E-state index contributed by atoms with van der Waals surface area (Å²) in [7, 11) is 0. The molecule has 1 aromatic rings. The summed E-state index contributed by atoms with van der Waals surface area (Å²) in [6.45, 7) is 4.68. The summed E-state index contributed by atoms with van der Waals surface area (Å²) in [6, 6.07) is 4.32. The topological polar surface area (TPSA) is 78.4 Å². The predicted molar refractivity (Wildman–Crippen MR) is 77.6 cm³/mol. The van der Waals surface area contributed by atoms with Crippen molar-refractivity contribution in [2.24, 2.45) is 5.92 Å². The van der Waals surface area contributed by atoms with Crippen molar-refractivity contribution in [3.63, 3.8) is 0 Å². The number of amides is 2. The second-order valence-corrected chi connectivity index (χ2v) is 5.39. The Balaban J connectivity index is 2.71. The van der Waals surface area contributed by atoms with Crippen LogP contribution in [-0.4, -0.2) is 23.7 Å². The van der Waals surface area contributed by atoms with Gasteiger partial charge < -0.3 is 15.7 Å². The highest BCUT2D eigenvalue weighted by Gasteiger charge is 2.14. The molecule has 6 heteroatoms. The third kappa shape index (κ3) is 4.90. The lowest BCUT2D eigenvalue weighted by Crippen LogP contribution is -2.30. The van der Waals surface area contributed by atoms with Gasteiger partial charge in [0, 0.05) is 11.0 Å². The van der Waals surface area contributed by atoms with Crippen LogP contribution in [0.25, 0.3) is 0 Å². The smallest absolute Gasteiger partial charge is 0.337 e. The molecule has 2 amide bonds. The summed E-state index contributed by atoms with van der Waals surface area (Å²) in [4.78, 5) is 22.8. The van der Waals surface area contributed by atoms with E-state index in [-0.39, 0.29) is 11.3 Å². The van der Waals surface area contributed by atoms with E-state index in [1.807, 2.05) is 0 Å². The number of hydrogen-bond acceptors (Lipinski definition) is 2. The van der Waals surface area contributed by atoms with Gasteiger partial charge >= 0.3 is 12.0 Å². The Morgan fingerprint density at radius 3 is 2.63 bits per heavy atom. The van der Waals surface area contributed by atoms with Crippen molar-refractivity contribution in [1.29, 1.82) is 0 Å². The minimum atomic E-state index is -1.08. The number of carboxylic acid groups (broad SMARTS) is 1. The number of para-hydroxylation sites is 1. The number of urea groups is 1. The van der Waals surface area contributed by atoms with Gasteiger partial charge in [-0.15, -0.1) is 0 Å². The fraction of sp³-hybridized carbons (Fsp3) is 0.385. The van der Waals surface area contributed by atoms with Crippen LogP contribution in [0.3, 0.4) is 0 Å². The maximum Gasteiger partial charge on any atom is 0.337 e. The molecule has 19 heavy (non-hydrogen) atoms. The van der Waals surface area contributed by atoms with Crippen molar-refractivity contribution in [2.75, 3.05) is 11.9 Å². The van der Waals surface area contributed by atoms with E-state index in [1.54, 1.807) is 12.1 Å². The zero-order valence-electron chi connectivity index (χ0n) is 10.9. The molecule has 0 saturated carbocycles. The standard InChI is InChI=1S/C13H17BrN2O3/c1-8(2)6-7-15-13(19)16-11-9(12(17)18)4-3-5-10(11)14/h3-5,8H,6-7H2,1-2H3,(H,17,18)(H2,15,16,19). The van der Waals surface area contributed by atoms with Crippen LogP contribution >= 0.6 is 15.9 Å². The van der Waals surface area contributed by atoms with Crippen molar-refractivity contribution in [3.05, 3.63) is 28.2 Å². The van der Waals surface area contributed by atoms with E-state index in [1.165, 1.54) is 6.07 Å². The number of anilines is 1. The Labute approximate surface area is 120 Å². The van der Waals surface area contributed by atoms with Crippen LogP contribution in [0, 0.1) is 5.92 Å². The average Bonchev–Trinajstić information content (AvgIpc) is 2.30. The fourth-order valence-corrected chi connectivity index (χ4v) is 1.93. The Bertz CT molecular complexity index is 475. The molecule has 0 heterocycles. The van der Waals surface area contributed by atoms with Gasteiger partial charge in [-0.05, 0) is 40.4 Å². The van der Waals surface area contributed by atoms with Crippen LogP contribution in [-0.2, 0) is 0 Å². The summed E-state index contributed by atoms with van der Waals surface area (Å²) < 4.78 is 0.534. The van der Waals surface area contributed by atoms with E-state index in [2.05, 4.69) is 40.4 Å². The number of rotatable bonds is 5. The lowest BCUT2D eigenvalue weighted by atomic mass is 10.1. The summed E-state index contributed by atoms with van der Waals surface area (Å²) in [5, 5.41) is 14.3. The molecule has 5 nitrogen and oxygen atoms in total. The molecule has 0 atom stereocenters. The van der Waals surface area contributed by atoms with Gasteiger partial charge in [0.1, 0.15) is 0 Å². The predicted octanol–water partition coefficient (Wildman–Crippen LogP) is 3.31. The SMILES string of the molecule is CC(C)CCNC(=O)Nc1c(Br)cccc1C(=O)O. The van der Waals surface area contributed by atoms with Gasteiger partial charge in [0.05, 0.1) is 11.3 Å². The van der Waals surface area contributed by atoms with Crippen LogP contribution in [0.1, 0.15) is 30.6 Å². The van der Waals surface area contributed by atoms with E-state index in [9.17, 15) is 9.59 Å². The van der Waals surface area contributed by atoms with E-state index in [0.717, 1.165) is 6.42 Å². The summed E-state index contributed by atoms with van der Waals surface area (Å²) in [6.07, 6.45) is 0.870. The molecule has 0 aliphatic carbocycles. The van der Waals surface area contributed by atoms with Gasteiger partial charge in [-0.2, -0.15) is 0 Å². The normalized spacial score (nSPS) is 10.3. The minimum Gasteiger partial charge on any atom is -0.478 e. The molecular formula is C13H17BrN2O3. The molecule has 1 rings (SSSR count). The third-order valence-electron chi connectivity index (χ3n) is 2.49. The van der Waals surface area contributed by atoms with Crippen LogP contribution < -0.4 is 10.6 Å². The second kappa shape index (κ2) is 7.13. The number of carbonyl (C=O) groups excluding carboxylic acids is 1. The molecule has 0 radical (unpaired) electrons. The molecular weight excluding hydrogens is 312 g/mol. The molecule has 0 bridgehead atoms. The summed E-state index contributed by atoms with van der Waals surface area (Å²) >= 11 is 3.23. The van der Waals surface area contributed by atoms with Crippen LogP contribution in [0.2, 0.25) is 0 Å². The molecule has 0 spiro atoms. The van der Waals surface area contributed by atoms with Crippen molar-refractivity contribution >= 4 is 33.6 Å². The van der Waals surface area contributed by atoms with Crippen molar-refractivity contribution in [2.45, 2.75) is 20.3 Å². The number of halogens is 1. The summed E-state index contributed by atoms with van der Waals surface area (Å²) in [5.41, 5.74) is 0.311. The Morgan fingerprint density at radius 2 is 2.05 bits per heavy atom. The van der Waals surface area contributed by atoms with Gasteiger partial charge in [0.2, 0.25) is 0 Å². The first kappa shape index (κ1) is 15.5. The maximum atomic E-state index is 11.7. The van der Waals surface area contributed by atoms with E-state index in [0.29, 0.717) is 16.9 Å². The number of carboxylic acids is 1. The monoisotopic (exact) mass is 328 g/mol. The Morgan fingerprint density at radius 1 is 1.37 bits per heavy atom. The van der Waals surface area contributed by atoms with E-state index in [4.69, 9.17) is 5.11 Å². The fourth-order valence-electron chi connectivity index (χ4n) is 1.46. The number of aromatic carboxylic acids is 1. The molecule has 0 unspecified atom stereocenters. The van der Waals surface area contributed by atoms with Gasteiger partial charge in [0.15, 0.2) is 0 Å². The van der Waals surface area contributed by atoms with E-state index >= 15 is 0 Å². The highest BCUT2D eigenvalue weighted by Crippen LogP contribution is 2.26. The molecule has 0 fully saturated rings. The highest BCUT2D eigenvalue weighted by atomic mass is 79.9. The average molecular weight is 329 g/mol. The van der Waals surface area contributed by atoms with Crippen LogP contribution in [0.15, 0.2) is 22.7 Å². The van der Waals surface area contributed by atoms with Crippen LogP contribution in [0.4, 0.5) is 10.5 Å². The lowest BCUT2D eigenvalue weighted by molar-refractivity contribution is 0.0698. The third-order valence-corrected chi connectivity index (χ3v) is 3.15. The molecule has 0 aliphatic heterocycles. The zero-order valence-corrected chi connectivity index (χ0v) is 12.5. The molecule has 0 aliphatic rings. The van der Waals surface area contributed by atoms with Crippen molar-refractivity contribution < 1.29 is 14.7 Å². The van der Waals surface area contributed by atoms with E-state index < -0.39 is 12.0 Å². The van der Waals surface area contributed by atoms with Gasteiger partial charge in [-0.3, -0.25) is 0 Å². The lowest BCUT2D eigenvalue weighted by Gasteiger charge is -2.12. The Kier molecular flexibility index (Phi) is 5.82. The van der Waals surface area contributed by atoms with Gasteiger partial charge in [0.25, 0.3) is 0 Å². The van der Waals surface area contributed by atoms with Crippen molar-refractivity contribution in [3.8, 4) is 0 Å². The number of hydrogen-bond donors (Lipinski definition) is 3. The van der Waals surface area contributed by atoms with Gasteiger partial charge in [-0.1, -0.05) is 19.9 Å². The van der Waals surface area contributed by atoms with Gasteiger partial charge in [-0.25, -0.2) is 9.59 Å². The molecule has 1 aromatic carbocycles. The first-order chi connectivity index (χ1) is 8.91. The quantitative estimate of drug-likeness (QED) is 0.775. The molecule has 3 N–H and O–H groups in total. The molecule has 0 aromatic heterocycles. The highest BCUT2D eigenvalue weighted by molar-refractivity contribution is 9.10. The summed E-state index contributed by atoms with van der Waals surface area (Å²) in [5.74, 6) is -0.586. The number of carbonyl (C=O) groups is 2. The first-order valence-corrected chi connectivity index (χ1v) is 6.77. The number of benzene rings is 1. The van der Waals surface area contributed by atoms with Crippen molar-refractivity contribution in [1.82, 2.24) is 5.32 Å². The zero-order chi connectivity index (χ0) is 14.4.